The van der Waals surface area contributed by atoms with E-state index in [0.717, 1.165) is 0 Å². The molecule has 0 spiro atoms. The van der Waals surface area contributed by atoms with Crippen LogP contribution in [0.3, 0.4) is 0 Å². The second-order valence-corrected chi connectivity index (χ2v) is 17.1. The minimum absolute atomic E-state index is 0. The van der Waals surface area contributed by atoms with E-state index in [0.29, 0.717) is 0 Å². The summed E-state index contributed by atoms with van der Waals surface area (Å²) in [6.45, 7) is 28.8. The minimum atomic E-state index is -1.77. The van der Waals surface area contributed by atoms with Crippen LogP contribution in [0.25, 0.3) is 0 Å². The Morgan fingerprint density at radius 2 is 1.08 bits per heavy atom. The topological polar surface area (TPSA) is 23.9 Å². The average molecular weight is 404 g/mol. The van der Waals surface area contributed by atoms with Crippen LogP contribution in [0.1, 0.15) is 78.7 Å². The van der Waals surface area contributed by atoms with Crippen molar-refractivity contribution in [3.8, 4) is 0 Å². The van der Waals surface area contributed by atoms with Crippen molar-refractivity contribution >= 4 is 14.6 Å². The Bertz CT molecular complexity index is 513. The third-order valence-electron chi connectivity index (χ3n) is 4.96. The minimum Gasteiger partial charge on any atom is -0.317 e. The molecule has 1 nitrogen and oxygen atoms in total. The summed E-state index contributed by atoms with van der Waals surface area (Å²) in [5, 5.41) is 10.8. The number of aryl methyl sites for hydroxylation is 2. The van der Waals surface area contributed by atoms with Crippen molar-refractivity contribution in [3.05, 3.63) is 22.2 Å². The zero-order chi connectivity index (χ0) is 19.0. The molecule has 24 heavy (non-hydrogen) atoms. The molecule has 1 atom stereocenters. The quantitative estimate of drug-likeness (QED) is 0.257. The van der Waals surface area contributed by atoms with Gasteiger partial charge in [-0.25, -0.2) is 0 Å². The van der Waals surface area contributed by atoms with Gasteiger partial charge >= 0.3 is 0 Å². The fraction of sp³-hybridized carbons (Fsp3) is 0.800. The summed E-state index contributed by atoms with van der Waals surface area (Å²) in [4.78, 5) is 0. The fourth-order valence-electron chi connectivity index (χ4n) is 3.96. The van der Waals surface area contributed by atoms with Crippen LogP contribution in [0.5, 0.6) is 0 Å². The molecular weight excluding hydrogens is 364 g/mol. The standard InChI is InChI=1S/C12H28NP.C8H12P.Ti/c1-10(2,3)14(13,11(4,5)6)12(7,8)9;1-6-5-9(4)8(3)7(6)2;/h13H,1-9H3;1-4H3;/q;-1;. The Morgan fingerprint density at radius 1 is 0.792 bits per heavy atom. The van der Waals surface area contributed by atoms with Crippen LogP contribution in [-0.4, -0.2) is 15.5 Å². The third kappa shape index (κ3) is 5.61. The Labute approximate surface area is 168 Å². The molecule has 0 aliphatic carbocycles. The zero-order valence-electron chi connectivity index (χ0n) is 18.4. The third-order valence-corrected chi connectivity index (χ3v) is 13.0. The number of hydrogen-bond donors (Lipinski definition) is 1. The molecule has 0 aromatic carbocycles. The van der Waals surface area contributed by atoms with Crippen molar-refractivity contribution < 1.29 is 21.7 Å². The summed E-state index contributed by atoms with van der Waals surface area (Å²) in [6.07, 6.45) is 0. The molecule has 1 rings (SSSR count). The van der Waals surface area contributed by atoms with Gasteiger partial charge in [-0.2, -0.15) is 22.2 Å². The van der Waals surface area contributed by atoms with Crippen molar-refractivity contribution in [3.63, 3.8) is 0 Å². The monoisotopic (exact) mass is 404 g/mol. The van der Waals surface area contributed by atoms with Crippen LogP contribution in [0.15, 0.2) is 0 Å². The van der Waals surface area contributed by atoms with Gasteiger partial charge in [0.05, 0.1) is 0 Å². The number of nitrogens with one attached hydrogen (secondary N) is 1. The molecule has 1 N–H and O–H groups in total. The van der Waals surface area contributed by atoms with Crippen LogP contribution in [0.2, 0.25) is 0 Å². The maximum Gasteiger partial charge on any atom is 0 e. The maximum absolute atomic E-state index is 8.99. The van der Waals surface area contributed by atoms with Crippen LogP contribution in [0, 0.1) is 31.7 Å². The van der Waals surface area contributed by atoms with E-state index in [1.807, 2.05) is 0 Å². The molecule has 0 amide bonds. The molecule has 0 saturated carbocycles. The molecule has 140 valence electrons. The van der Waals surface area contributed by atoms with Crippen molar-refractivity contribution in [1.29, 1.82) is 5.16 Å². The first-order valence-electron chi connectivity index (χ1n) is 8.54. The van der Waals surface area contributed by atoms with Crippen molar-refractivity contribution in [2.24, 2.45) is 6.66 Å². The van der Waals surface area contributed by atoms with Gasteiger partial charge in [-0.05, 0) is 29.2 Å². The molecule has 0 radical (unpaired) electrons. The number of hydrogen-bond acceptors (Lipinski definition) is 1. The Balaban J connectivity index is 0. The second kappa shape index (κ2) is 8.61. The van der Waals surface area contributed by atoms with Crippen LogP contribution < -0.4 is 0 Å². The van der Waals surface area contributed by atoms with E-state index in [-0.39, 0.29) is 44.7 Å². The van der Waals surface area contributed by atoms with Gasteiger partial charge in [-0.1, -0.05) is 83.1 Å². The summed E-state index contributed by atoms with van der Waals surface area (Å²) in [5.74, 6) is 3.42. The van der Waals surface area contributed by atoms with E-state index in [9.17, 15) is 0 Å². The van der Waals surface area contributed by atoms with Gasteiger partial charge < -0.3 is 5.16 Å². The Kier molecular flexibility index (Phi) is 9.67. The molecule has 0 aliphatic heterocycles. The summed E-state index contributed by atoms with van der Waals surface area (Å²) < 4.78 is 0. The van der Waals surface area contributed by atoms with Gasteiger partial charge in [0.1, 0.15) is 0 Å². The molecule has 0 saturated heterocycles. The van der Waals surface area contributed by atoms with Crippen molar-refractivity contribution in [2.75, 3.05) is 0 Å². The average Bonchev–Trinajstić information content (AvgIpc) is 2.52. The van der Waals surface area contributed by atoms with E-state index >= 15 is 0 Å². The predicted molar refractivity (Wildman–Crippen MR) is 112 cm³/mol. The first-order chi connectivity index (χ1) is 9.88. The fourth-order valence-corrected chi connectivity index (χ4v) is 11.5. The molecule has 4 heteroatoms. The van der Waals surface area contributed by atoms with Crippen molar-refractivity contribution in [2.45, 2.75) is 98.6 Å². The summed E-state index contributed by atoms with van der Waals surface area (Å²) in [6, 6.07) is 0. The van der Waals surface area contributed by atoms with E-state index in [1.54, 1.807) is 5.30 Å². The molecule has 0 fully saturated rings. The van der Waals surface area contributed by atoms with E-state index < -0.39 is 7.05 Å². The van der Waals surface area contributed by atoms with Crippen molar-refractivity contribution in [1.82, 2.24) is 0 Å². The van der Waals surface area contributed by atoms with Gasteiger partial charge in [0.15, 0.2) is 0 Å². The van der Waals surface area contributed by atoms with Gasteiger partial charge in [0, 0.05) is 21.7 Å². The van der Waals surface area contributed by atoms with Crippen LogP contribution in [0.4, 0.5) is 0 Å². The van der Waals surface area contributed by atoms with Gasteiger partial charge in [-0.3, -0.25) is 7.53 Å². The van der Waals surface area contributed by atoms with Crippen LogP contribution >= 0.6 is 14.6 Å². The van der Waals surface area contributed by atoms with E-state index in [1.165, 1.54) is 11.1 Å². The summed E-state index contributed by atoms with van der Waals surface area (Å²) in [5.41, 5.74) is 2.82. The smallest absolute Gasteiger partial charge is 0 e. The zero-order valence-corrected chi connectivity index (χ0v) is 21.7. The molecular formula is C20H40NP2Ti-. The summed E-state index contributed by atoms with van der Waals surface area (Å²) >= 11 is 0. The van der Waals surface area contributed by atoms with Crippen LogP contribution in [-0.2, 0) is 28.4 Å². The maximum atomic E-state index is 8.99. The SMILES string of the molecule is CC(C)(C)P(=N)(C(C)(C)C)C(C)(C)C.Cc1[c-]p(C)c(C)c1C.[Ti]. The normalized spacial score (nSPS) is 13.8. The largest absolute Gasteiger partial charge is 0.317 e. The molecule has 0 aliphatic rings. The van der Waals surface area contributed by atoms with Gasteiger partial charge in [0.25, 0.3) is 0 Å². The van der Waals surface area contributed by atoms with Gasteiger partial charge in [-0.15, -0.1) is 0 Å². The first-order valence-corrected chi connectivity index (χ1v) is 12.1. The Hall–Kier alpha value is 0.724. The summed E-state index contributed by atoms with van der Waals surface area (Å²) in [7, 11) is -1.78. The van der Waals surface area contributed by atoms with E-state index in [4.69, 9.17) is 5.16 Å². The molecule has 0 bridgehead atoms. The second-order valence-electron chi connectivity index (χ2n) is 9.69. The van der Waals surface area contributed by atoms with E-state index in [2.05, 4.69) is 95.5 Å². The number of rotatable bonds is 0. The molecule has 1 aromatic rings. The molecule has 1 aromatic heterocycles. The Morgan fingerprint density at radius 3 is 1.12 bits per heavy atom. The predicted octanol–water partition coefficient (Wildman–Crippen LogP) is 8.10. The van der Waals surface area contributed by atoms with Gasteiger partial charge in [0.2, 0.25) is 0 Å². The first kappa shape index (κ1) is 26.9. The molecule has 1 heterocycles. The molecule has 1 unspecified atom stereocenters.